The Morgan fingerprint density at radius 2 is 2.00 bits per heavy atom. The fourth-order valence-electron chi connectivity index (χ4n) is 4.46. The molecule has 3 atom stereocenters. The molecule has 1 saturated heterocycles. The van der Waals surface area contributed by atoms with Gasteiger partial charge in [-0.05, 0) is 50.5 Å². The third kappa shape index (κ3) is 1.80. The van der Waals surface area contributed by atoms with Crippen LogP contribution < -0.4 is 5.73 Å². The summed E-state index contributed by atoms with van der Waals surface area (Å²) in [7, 11) is 0. The van der Waals surface area contributed by atoms with Gasteiger partial charge >= 0.3 is 0 Å². The molecule has 2 rings (SSSR count). The first kappa shape index (κ1) is 12.4. The number of nitrogens with two attached hydrogens (primary N) is 1. The van der Waals surface area contributed by atoms with Gasteiger partial charge < -0.3 is 5.73 Å². The van der Waals surface area contributed by atoms with Crippen molar-refractivity contribution in [3.05, 3.63) is 0 Å². The smallest absolute Gasteiger partial charge is 0.0365 e. The van der Waals surface area contributed by atoms with E-state index in [-0.39, 0.29) is 0 Å². The van der Waals surface area contributed by atoms with Crippen LogP contribution in [0.2, 0.25) is 0 Å². The van der Waals surface area contributed by atoms with Gasteiger partial charge in [0.25, 0.3) is 0 Å². The number of hydrogen-bond acceptors (Lipinski definition) is 2. The Morgan fingerprint density at radius 1 is 1.31 bits per heavy atom. The zero-order valence-electron chi connectivity index (χ0n) is 11.4. The van der Waals surface area contributed by atoms with E-state index in [1.807, 2.05) is 0 Å². The highest BCUT2D eigenvalue weighted by atomic mass is 15.3. The second kappa shape index (κ2) is 3.99. The molecule has 2 N–H and O–H groups in total. The predicted octanol–water partition coefficient (Wildman–Crippen LogP) is 2.62. The van der Waals surface area contributed by atoms with Crippen LogP contribution in [-0.2, 0) is 0 Å². The van der Waals surface area contributed by atoms with E-state index in [0.29, 0.717) is 11.0 Å². The maximum Gasteiger partial charge on any atom is 0.0365 e. The molecular formula is C14H28N2. The molecule has 3 unspecified atom stereocenters. The van der Waals surface area contributed by atoms with Crippen molar-refractivity contribution in [2.45, 2.75) is 65.0 Å². The Labute approximate surface area is 101 Å². The van der Waals surface area contributed by atoms with Crippen LogP contribution >= 0.6 is 0 Å². The first-order chi connectivity index (χ1) is 7.41. The van der Waals surface area contributed by atoms with Gasteiger partial charge in [0.1, 0.15) is 0 Å². The molecule has 1 heterocycles. The molecule has 1 aliphatic heterocycles. The highest BCUT2D eigenvalue weighted by molar-refractivity contribution is 5.08. The van der Waals surface area contributed by atoms with Crippen LogP contribution in [0.15, 0.2) is 0 Å². The van der Waals surface area contributed by atoms with Gasteiger partial charge in [0.2, 0.25) is 0 Å². The average Bonchev–Trinajstić information content (AvgIpc) is 2.68. The molecule has 0 radical (unpaired) electrons. The predicted molar refractivity (Wildman–Crippen MR) is 69.4 cm³/mol. The summed E-state index contributed by atoms with van der Waals surface area (Å²) >= 11 is 0. The number of rotatable bonds is 2. The van der Waals surface area contributed by atoms with Gasteiger partial charge in [0.15, 0.2) is 0 Å². The molecule has 1 saturated carbocycles. The highest BCUT2D eigenvalue weighted by Gasteiger charge is 2.52. The molecule has 0 amide bonds. The molecule has 1 aliphatic carbocycles. The Kier molecular flexibility index (Phi) is 3.09. The van der Waals surface area contributed by atoms with Gasteiger partial charge in [0.05, 0.1) is 0 Å². The Morgan fingerprint density at radius 3 is 2.38 bits per heavy atom. The third-order valence-electron chi connectivity index (χ3n) is 5.04. The van der Waals surface area contributed by atoms with E-state index in [1.165, 1.54) is 32.2 Å². The van der Waals surface area contributed by atoms with Gasteiger partial charge in [-0.2, -0.15) is 0 Å². The maximum absolute atomic E-state index is 6.18. The van der Waals surface area contributed by atoms with Crippen LogP contribution in [0.3, 0.4) is 0 Å². The van der Waals surface area contributed by atoms with Crippen molar-refractivity contribution in [2.24, 2.45) is 17.1 Å². The van der Waals surface area contributed by atoms with Crippen molar-refractivity contribution in [1.29, 1.82) is 0 Å². The fourth-order valence-corrected chi connectivity index (χ4v) is 4.46. The van der Waals surface area contributed by atoms with Crippen LogP contribution in [0, 0.1) is 11.3 Å². The summed E-state index contributed by atoms with van der Waals surface area (Å²) in [6, 6.07) is 0.736. The molecule has 2 nitrogen and oxygen atoms in total. The van der Waals surface area contributed by atoms with E-state index in [4.69, 9.17) is 5.73 Å². The van der Waals surface area contributed by atoms with Crippen LogP contribution in [0.1, 0.15) is 53.4 Å². The molecule has 0 spiro atoms. The standard InChI is InChI=1S/C14H28N2/c1-11-8-13(3,4)9-14(11,10-15)16-7-5-6-12(16)2/h11-12H,5-10,15H2,1-4H3. The quantitative estimate of drug-likeness (QED) is 0.781. The van der Waals surface area contributed by atoms with Crippen molar-refractivity contribution < 1.29 is 0 Å². The first-order valence-electron chi connectivity index (χ1n) is 6.88. The molecule has 0 aromatic carbocycles. The molecule has 2 heteroatoms. The highest BCUT2D eigenvalue weighted by Crippen LogP contribution is 2.51. The van der Waals surface area contributed by atoms with E-state index in [1.54, 1.807) is 0 Å². The summed E-state index contributed by atoms with van der Waals surface area (Å²) in [5.74, 6) is 0.744. The Balaban J connectivity index is 2.25. The maximum atomic E-state index is 6.18. The Hall–Kier alpha value is -0.0800. The lowest BCUT2D eigenvalue weighted by molar-refractivity contribution is 0.0529. The average molecular weight is 224 g/mol. The van der Waals surface area contributed by atoms with Gasteiger partial charge in [-0.25, -0.2) is 0 Å². The molecule has 2 fully saturated rings. The SMILES string of the molecule is CC1CCCN1C1(CN)CC(C)(C)CC1C. The second-order valence-corrected chi connectivity index (χ2v) is 6.94. The normalized spacial score (nSPS) is 44.1. The van der Waals surface area contributed by atoms with Crippen molar-refractivity contribution in [3.63, 3.8) is 0 Å². The lowest BCUT2D eigenvalue weighted by Gasteiger charge is -2.44. The molecule has 0 bridgehead atoms. The van der Waals surface area contributed by atoms with Crippen LogP contribution in [0.5, 0.6) is 0 Å². The van der Waals surface area contributed by atoms with E-state index in [2.05, 4.69) is 32.6 Å². The van der Waals surface area contributed by atoms with E-state index in [9.17, 15) is 0 Å². The summed E-state index contributed by atoms with van der Waals surface area (Å²) in [5, 5.41) is 0. The minimum atomic E-state index is 0.291. The van der Waals surface area contributed by atoms with Crippen molar-refractivity contribution in [1.82, 2.24) is 4.90 Å². The molecular weight excluding hydrogens is 196 g/mol. The number of likely N-dealkylation sites (tertiary alicyclic amines) is 1. The third-order valence-corrected chi connectivity index (χ3v) is 5.04. The molecule has 2 aliphatic rings. The van der Waals surface area contributed by atoms with Crippen LogP contribution in [-0.4, -0.2) is 29.6 Å². The number of nitrogens with zero attached hydrogens (tertiary/aromatic N) is 1. The van der Waals surface area contributed by atoms with Crippen molar-refractivity contribution in [2.75, 3.05) is 13.1 Å². The summed E-state index contributed by atoms with van der Waals surface area (Å²) in [6.07, 6.45) is 5.32. The number of hydrogen-bond donors (Lipinski definition) is 1. The summed E-state index contributed by atoms with van der Waals surface area (Å²) in [5.41, 5.74) is 6.95. The van der Waals surface area contributed by atoms with Crippen LogP contribution in [0.25, 0.3) is 0 Å². The molecule has 0 aromatic rings. The van der Waals surface area contributed by atoms with Crippen LogP contribution in [0.4, 0.5) is 0 Å². The Bertz CT molecular complexity index is 261. The van der Waals surface area contributed by atoms with E-state index in [0.717, 1.165) is 18.5 Å². The van der Waals surface area contributed by atoms with E-state index < -0.39 is 0 Å². The van der Waals surface area contributed by atoms with Crippen molar-refractivity contribution in [3.8, 4) is 0 Å². The summed E-state index contributed by atoms with van der Waals surface area (Å²) in [6.45, 7) is 11.7. The first-order valence-corrected chi connectivity index (χ1v) is 6.88. The van der Waals surface area contributed by atoms with Gasteiger partial charge in [-0.1, -0.05) is 20.8 Å². The van der Waals surface area contributed by atoms with Gasteiger partial charge in [-0.3, -0.25) is 4.90 Å². The lowest BCUT2D eigenvalue weighted by Crippen LogP contribution is -2.57. The lowest BCUT2D eigenvalue weighted by atomic mass is 9.84. The molecule has 16 heavy (non-hydrogen) atoms. The zero-order valence-corrected chi connectivity index (χ0v) is 11.4. The zero-order chi connectivity index (χ0) is 12.0. The van der Waals surface area contributed by atoms with E-state index >= 15 is 0 Å². The largest absolute Gasteiger partial charge is 0.329 e. The summed E-state index contributed by atoms with van der Waals surface area (Å²) < 4.78 is 0. The molecule has 0 aromatic heterocycles. The second-order valence-electron chi connectivity index (χ2n) is 6.94. The summed E-state index contributed by atoms with van der Waals surface area (Å²) in [4.78, 5) is 2.73. The van der Waals surface area contributed by atoms with Gasteiger partial charge in [0, 0.05) is 18.1 Å². The minimum Gasteiger partial charge on any atom is -0.329 e. The molecule has 94 valence electrons. The van der Waals surface area contributed by atoms with Crippen molar-refractivity contribution >= 4 is 0 Å². The fraction of sp³-hybridized carbons (Fsp3) is 1.00. The topological polar surface area (TPSA) is 29.3 Å². The monoisotopic (exact) mass is 224 g/mol. The minimum absolute atomic E-state index is 0.291. The van der Waals surface area contributed by atoms with Gasteiger partial charge in [-0.15, -0.1) is 0 Å².